The van der Waals surface area contributed by atoms with Crippen molar-refractivity contribution in [2.24, 2.45) is 0 Å². The predicted octanol–water partition coefficient (Wildman–Crippen LogP) is 4.04. The minimum Gasteiger partial charge on any atom is -0.378 e. The van der Waals surface area contributed by atoms with Crippen LogP contribution in [0, 0.1) is 5.82 Å². The van der Waals surface area contributed by atoms with E-state index in [9.17, 15) is 9.18 Å². The van der Waals surface area contributed by atoms with Crippen LogP contribution < -0.4 is 10.2 Å². The lowest BCUT2D eigenvalue weighted by atomic mass is 10.1. The van der Waals surface area contributed by atoms with Crippen LogP contribution in [0.5, 0.6) is 0 Å². The van der Waals surface area contributed by atoms with Crippen molar-refractivity contribution in [2.75, 3.05) is 36.5 Å². The summed E-state index contributed by atoms with van der Waals surface area (Å²) >= 11 is 1.31. The maximum absolute atomic E-state index is 13.4. The van der Waals surface area contributed by atoms with Crippen molar-refractivity contribution in [3.05, 3.63) is 65.3 Å². The highest BCUT2D eigenvalue weighted by molar-refractivity contribution is 7.14. The average molecular weight is 383 g/mol. The van der Waals surface area contributed by atoms with Crippen molar-refractivity contribution >= 4 is 28.1 Å². The van der Waals surface area contributed by atoms with Gasteiger partial charge in [-0.1, -0.05) is 12.1 Å². The number of aromatic nitrogens is 1. The van der Waals surface area contributed by atoms with Gasteiger partial charge in [-0.3, -0.25) is 10.1 Å². The van der Waals surface area contributed by atoms with Crippen LogP contribution in [0.4, 0.5) is 15.2 Å². The molecule has 1 saturated heterocycles. The Labute approximate surface area is 160 Å². The van der Waals surface area contributed by atoms with Gasteiger partial charge >= 0.3 is 0 Å². The maximum Gasteiger partial charge on any atom is 0.257 e. The topological polar surface area (TPSA) is 54.5 Å². The normalized spacial score (nSPS) is 14.2. The molecule has 2 aromatic carbocycles. The Morgan fingerprint density at radius 1 is 1.15 bits per heavy atom. The maximum atomic E-state index is 13.4. The van der Waals surface area contributed by atoms with Crippen molar-refractivity contribution in [1.29, 1.82) is 0 Å². The van der Waals surface area contributed by atoms with Crippen LogP contribution in [-0.2, 0) is 4.74 Å². The Hall–Kier alpha value is -2.77. The number of nitrogens with one attached hydrogen (secondary N) is 1. The second-order valence-corrected chi connectivity index (χ2v) is 7.01. The molecule has 0 radical (unpaired) electrons. The number of benzene rings is 2. The van der Waals surface area contributed by atoms with Crippen LogP contribution in [0.25, 0.3) is 11.3 Å². The summed E-state index contributed by atoms with van der Waals surface area (Å²) in [6.45, 7) is 3.15. The standard InChI is InChI=1S/C20H18FN3O2S/c21-16-3-1-2-15(12-16)18-13-27-20(22-18)23-19(25)14-4-6-17(7-5-14)24-8-10-26-11-9-24/h1-7,12-13H,8-11H2,(H,22,23,25). The molecule has 1 N–H and O–H groups in total. The molecule has 0 bridgehead atoms. The zero-order chi connectivity index (χ0) is 18.6. The molecule has 0 unspecified atom stereocenters. The largest absolute Gasteiger partial charge is 0.378 e. The second kappa shape index (κ2) is 7.85. The Kier molecular flexibility index (Phi) is 5.13. The molecule has 1 aromatic heterocycles. The molecule has 5 nitrogen and oxygen atoms in total. The molecule has 1 aliphatic rings. The van der Waals surface area contributed by atoms with Gasteiger partial charge in [-0.2, -0.15) is 0 Å². The molecule has 3 aromatic rings. The summed E-state index contributed by atoms with van der Waals surface area (Å²) in [4.78, 5) is 19.1. The fourth-order valence-corrected chi connectivity index (χ4v) is 3.64. The smallest absolute Gasteiger partial charge is 0.257 e. The number of halogens is 1. The highest BCUT2D eigenvalue weighted by Crippen LogP contribution is 2.26. The van der Waals surface area contributed by atoms with Crippen LogP contribution >= 0.6 is 11.3 Å². The molecule has 4 rings (SSSR count). The lowest BCUT2D eigenvalue weighted by Gasteiger charge is -2.28. The van der Waals surface area contributed by atoms with E-state index in [2.05, 4.69) is 15.2 Å². The number of ether oxygens (including phenoxy) is 1. The van der Waals surface area contributed by atoms with Crippen molar-refractivity contribution in [3.63, 3.8) is 0 Å². The van der Waals surface area contributed by atoms with Gasteiger partial charge < -0.3 is 9.64 Å². The summed E-state index contributed by atoms with van der Waals surface area (Å²) in [5.41, 5.74) is 2.96. The number of anilines is 2. The van der Waals surface area contributed by atoms with E-state index in [0.29, 0.717) is 22.0 Å². The van der Waals surface area contributed by atoms with E-state index in [4.69, 9.17) is 4.74 Å². The molecule has 0 atom stereocenters. The first kappa shape index (κ1) is 17.6. The van der Waals surface area contributed by atoms with Crippen LogP contribution in [0.1, 0.15) is 10.4 Å². The highest BCUT2D eigenvalue weighted by Gasteiger charge is 2.13. The number of thiazole rings is 1. The molecular weight excluding hydrogens is 365 g/mol. The lowest BCUT2D eigenvalue weighted by molar-refractivity contribution is 0.102. The average Bonchev–Trinajstić information content (AvgIpc) is 3.17. The molecule has 2 heterocycles. The summed E-state index contributed by atoms with van der Waals surface area (Å²) < 4.78 is 18.7. The number of carbonyl (C=O) groups excluding carboxylic acids is 1. The van der Waals surface area contributed by atoms with E-state index >= 15 is 0 Å². The van der Waals surface area contributed by atoms with E-state index in [-0.39, 0.29) is 11.7 Å². The van der Waals surface area contributed by atoms with Crippen molar-refractivity contribution in [1.82, 2.24) is 4.98 Å². The van der Waals surface area contributed by atoms with Gasteiger partial charge in [0.2, 0.25) is 0 Å². The molecule has 138 valence electrons. The quantitative estimate of drug-likeness (QED) is 0.739. The Bertz CT molecular complexity index is 936. The minimum absolute atomic E-state index is 0.219. The van der Waals surface area contributed by atoms with Crippen LogP contribution in [0.15, 0.2) is 53.9 Å². The first-order chi connectivity index (χ1) is 13.2. The number of hydrogen-bond acceptors (Lipinski definition) is 5. The third-order valence-corrected chi connectivity index (χ3v) is 5.11. The lowest BCUT2D eigenvalue weighted by Crippen LogP contribution is -2.36. The van der Waals surface area contributed by atoms with E-state index in [1.54, 1.807) is 29.6 Å². The number of hydrogen-bond donors (Lipinski definition) is 1. The minimum atomic E-state index is -0.313. The van der Waals surface area contributed by atoms with E-state index in [1.165, 1.54) is 23.5 Å². The number of amides is 1. The molecule has 1 amide bonds. The summed E-state index contributed by atoms with van der Waals surface area (Å²) in [5, 5.41) is 5.08. The van der Waals surface area contributed by atoms with Gasteiger partial charge in [0, 0.05) is 35.3 Å². The predicted molar refractivity (Wildman–Crippen MR) is 105 cm³/mol. The second-order valence-electron chi connectivity index (χ2n) is 6.15. The van der Waals surface area contributed by atoms with Crippen molar-refractivity contribution < 1.29 is 13.9 Å². The van der Waals surface area contributed by atoms with E-state index < -0.39 is 0 Å². The Morgan fingerprint density at radius 3 is 2.67 bits per heavy atom. The fraction of sp³-hybridized carbons (Fsp3) is 0.200. The van der Waals surface area contributed by atoms with Gasteiger partial charge in [-0.05, 0) is 36.4 Å². The summed E-state index contributed by atoms with van der Waals surface area (Å²) in [5.74, 6) is -0.532. The Morgan fingerprint density at radius 2 is 1.93 bits per heavy atom. The molecular formula is C20H18FN3O2S. The van der Waals surface area contributed by atoms with E-state index in [0.717, 1.165) is 32.0 Å². The van der Waals surface area contributed by atoms with E-state index in [1.807, 2.05) is 12.1 Å². The first-order valence-corrected chi connectivity index (χ1v) is 9.52. The molecule has 0 spiro atoms. The number of carbonyl (C=O) groups is 1. The zero-order valence-corrected chi connectivity index (χ0v) is 15.3. The monoisotopic (exact) mass is 383 g/mol. The molecule has 0 aliphatic carbocycles. The van der Waals surface area contributed by atoms with Gasteiger partial charge in [0.25, 0.3) is 5.91 Å². The fourth-order valence-electron chi connectivity index (χ4n) is 2.93. The van der Waals surface area contributed by atoms with Gasteiger partial charge in [0.1, 0.15) is 5.82 Å². The summed E-state index contributed by atoms with van der Waals surface area (Å²) in [6, 6.07) is 13.7. The van der Waals surface area contributed by atoms with Crippen LogP contribution in [0.3, 0.4) is 0 Å². The van der Waals surface area contributed by atoms with Gasteiger partial charge in [0.05, 0.1) is 18.9 Å². The van der Waals surface area contributed by atoms with Gasteiger partial charge in [-0.25, -0.2) is 9.37 Å². The molecule has 1 fully saturated rings. The van der Waals surface area contributed by atoms with Crippen LogP contribution in [0.2, 0.25) is 0 Å². The molecule has 1 aliphatic heterocycles. The third-order valence-electron chi connectivity index (χ3n) is 4.35. The molecule has 0 saturated carbocycles. The Balaban J connectivity index is 1.43. The van der Waals surface area contributed by atoms with Crippen molar-refractivity contribution in [3.8, 4) is 11.3 Å². The van der Waals surface area contributed by atoms with Gasteiger partial charge in [0.15, 0.2) is 5.13 Å². The number of rotatable bonds is 4. The molecule has 7 heteroatoms. The first-order valence-electron chi connectivity index (χ1n) is 8.64. The number of morpholine rings is 1. The van der Waals surface area contributed by atoms with Gasteiger partial charge in [-0.15, -0.1) is 11.3 Å². The van der Waals surface area contributed by atoms with Crippen molar-refractivity contribution in [2.45, 2.75) is 0 Å². The SMILES string of the molecule is O=C(Nc1nc(-c2cccc(F)c2)cs1)c1ccc(N2CCOCC2)cc1. The summed E-state index contributed by atoms with van der Waals surface area (Å²) in [6.07, 6.45) is 0. The number of nitrogens with zero attached hydrogens (tertiary/aromatic N) is 2. The summed E-state index contributed by atoms with van der Waals surface area (Å²) in [7, 11) is 0. The molecule has 27 heavy (non-hydrogen) atoms. The van der Waals surface area contributed by atoms with Crippen LogP contribution in [-0.4, -0.2) is 37.2 Å². The highest BCUT2D eigenvalue weighted by atomic mass is 32.1. The zero-order valence-electron chi connectivity index (χ0n) is 14.5. The third kappa shape index (κ3) is 4.15.